The molecule has 0 radical (unpaired) electrons. The smallest absolute Gasteiger partial charge is 0.337 e. The molecule has 0 amide bonds. The SMILES string of the molecule is Cc1cc(C(C)Nc2ccccc2C(=O)O)c2oc(-c3ccnc(C)c3)c(C)c(=O)c2c1. The van der Waals surface area contributed by atoms with Crippen LogP contribution in [0.15, 0.2) is 63.9 Å². The number of hydrogen-bond donors (Lipinski definition) is 2. The lowest BCUT2D eigenvalue weighted by molar-refractivity contribution is 0.0698. The first-order valence-corrected chi connectivity index (χ1v) is 10.4. The van der Waals surface area contributed by atoms with Crippen LogP contribution in [0.25, 0.3) is 22.3 Å². The van der Waals surface area contributed by atoms with E-state index in [0.29, 0.717) is 28.0 Å². The average Bonchev–Trinajstić information content (AvgIpc) is 2.76. The molecule has 6 nitrogen and oxygen atoms in total. The van der Waals surface area contributed by atoms with Crippen LogP contribution < -0.4 is 10.7 Å². The number of rotatable bonds is 5. The highest BCUT2D eigenvalue weighted by atomic mass is 16.4. The second kappa shape index (κ2) is 8.30. The lowest BCUT2D eigenvalue weighted by Crippen LogP contribution is -2.14. The van der Waals surface area contributed by atoms with E-state index in [-0.39, 0.29) is 17.0 Å². The van der Waals surface area contributed by atoms with Crippen LogP contribution in [0.3, 0.4) is 0 Å². The van der Waals surface area contributed by atoms with Crippen molar-refractivity contribution in [2.24, 2.45) is 0 Å². The van der Waals surface area contributed by atoms with E-state index in [0.717, 1.165) is 22.4 Å². The molecule has 0 bridgehead atoms. The zero-order valence-corrected chi connectivity index (χ0v) is 18.4. The molecule has 0 aliphatic rings. The minimum absolute atomic E-state index is 0.0844. The second-order valence-corrected chi connectivity index (χ2v) is 8.02. The Morgan fingerprint density at radius 2 is 1.84 bits per heavy atom. The zero-order valence-electron chi connectivity index (χ0n) is 18.4. The Labute approximate surface area is 185 Å². The summed E-state index contributed by atoms with van der Waals surface area (Å²) >= 11 is 0. The summed E-state index contributed by atoms with van der Waals surface area (Å²) in [6.45, 7) is 7.50. The predicted molar refractivity (Wildman–Crippen MR) is 125 cm³/mol. The Bertz CT molecular complexity index is 1410. The highest BCUT2D eigenvalue weighted by molar-refractivity contribution is 5.94. The lowest BCUT2D eigenvalue weighted by Gasteiger charge is -2.20. The second-order valence-electron chi connectivity index (χ2n) is 8.02. The maximum absolute atomic E-state index is 13.3. The monoisotopic (exact) mass is 428 g/mol. The highest BCUT2D eigenvalue weighted by Gasteiger charge is 2.20. The first kappa shape index (κ1) is 21.3. The fourth-order valence-corrected chi connectivity index (χ4v) is 3.96. The van der Waals surface area contributed by atoms with Gasteiger partial charge in [0, 0.05) is 34.3 Å². The van der Waals surface area contributed by atoms with Gasteiger partial charge in [0.2, 0.25) is 0 Å². The van der Waals surface area contributed by atoms with Crippen molar-refractivity contribution in [1.82, 2.24) is 4.98 Å². The number of aromatic carboxylic acids is 1. The number of para-hydroxylation sites is 1. The van der Waals surface area contributed by atoms with Crippen LogP contribution in [-0.2, 0) is 0 Å². The molecule has 0 aliphatic carbocycles. The molecular weight excluding hydrogens is 404 g/mol. The summed E-state index contributed by atoms with van der Waals surface area (Å²) in [6, 6.07) is 13.9. The van der Waals surface area contributed by atoms with Crippen molar-refractivity contribution in [3.63, 3.8) is 0 Å². The first-order chi connectivity index (χ1) is 15.3. The van der Waals surface area contributed by atoms with Gasteiger partial charge in [0.1, 0.15) is 11.3 Å². The molecule has 32 heavy (non-hydrogen) atoms. The largest absolute Gasteiger partial charge is 0.478 e. The first-order valence-electron chi connectivity index (χ1n) is 10.4. The number of benzene rings is 2. The van der Waals surface area contributed by atoms with Crippen LogP contribution in [0.5, 0.6) is 0 Å². The number of pyridine rings is 1. The van der Waals surface area contributed by atoms with Crippen molar-refractivity contribution >= 4 is 22.6 Å². The summed E-state index contributed by atoms with van der Waals surface area (Å²) in [5.41, 5.74) is 4.95. The van der Waals surface area contributed by atoms with E-state index >= 15 is 0 Å². The molecule has 1 unspecified atom stereocenters. The molecule has 4 rings (SSSR count). The number of carboxylic acid groups (broad SMARTS) is 1. The van der Waals surface area contributed by atoms with Crippen LogP contribution >= 0.6 is 0 Å². The fraction of sp³-hybridized carbons (Fsp3) is 0.192. The molecule has 0 fully saturated rings. The maximum Gasteiger partial charge on any atom is 0.337 e. The van der Waals surface area contributed by atoms with Gasteiger partial charge in [-0.3, -0.25) is 9.78 Å². The molecule has 162 valence electrons. The van der Waals surface area contributed by atoms with Crippen molar-refractivity contribution in [3.8, 4) is 11.3 Å². The van der Waals surface area contributed by atoms with E-state index in [2.05, 4.69) is 10.3 Å². The molecular formula is C26H24N2O4. The Balaban J connectivity index is 1.90. The van der Waals surface area contributed by atoms with E-state index in [9.17, 15) is 14.7 Å². The topological polar surface area (TPSA) is 92.4 Å². The number of fused-ring (bicyclic) bond motifs is 1. The van der Waals surface area contributed by atoms with Crippen LogP contribution in [0.4, 0.5) is 5.69 Å². The highest BCUT2D eigenvalue weighted by Crippen LogP contribution is 2.32. The average molecular weight is 428 g/mol. The molecule has 6 heteroatoms. The van der Waals surface area contributed by atoms with Gasteiger partial charge < -0.3 is 14.8 Å². The number of nitrogens with zero attached hydrogens (tertiary/aromatic N) is 1. The van der Waals surface area contributed by atoms with Gasteiger partial charge in [-0.2, -0.15) is 0 Å². The quantitative estimate of drug-likeness (QED) is 0.427. The number of aryl methyl sites for hydroxylation is 2. The van der Waals surface area contributed by atoms with Gasteiger partial charge in [0.15, 0.2) is 5.43 Å². The third kappa shape index (κ3) is 3.87. The van der Waals surface area contributed by atoms with E-state index in [1.54, 1.807) is 37.4 Å². The Hall–Kier alpha value is -3.93. The number of aromatic nitrogens is 1. The molecule has 2 heterocycles. The third-order valence-corrected chi connectivity index (χ3v) is 5.55. The molecule has 2 aromatic heterocycles. The van der Waals surface area contributed by atoms with E-state index in [4.69, 9.17) is 4.42 Å². The van der Waals surface area contributed by atoms with Gasteiger partial charge in [0.05, 0.1) is 17.0 Å². The molecule has 0 saturated carbocycles. The van der Waals surface area contributed by atoms with Crippen molar-refractivity contribution in [1.29, 1.82) is 0 Å². The summed E-state index contributed by atoms with van der Waals surface area (Å²) in [4.78, 5) is 29.1. The van der Waals surface area contributed by atoms with Gasteiger partial charge in [-0.1, -0.05) is 18.2 Å². The van der Waals surface area contributed by atoms with Crippen LogP contribution in [0, 0.1) is 20.8 Å². The summed E-state index contributed by atoms with van der Waals surface area (Å²) < 4.78 is 6.35. The minimum atomic E-state index is -1.01. The van der Waals surface area contributed by atoms with Crippen molar-refractivity contribution in [2.45, 2.75) is 33.7 Å². The predicted octanol–water partition coefficient (Wildman–Crippen LogP) is 5.65. The molecule has 0 spiro atoms. The molecule has 2 aromatic carbocycles. The molecule has 1 atom stereocenters. The van der Waals surface area contributed by atoms with Crippen LogP contribution in [0.1, 0.15) is 45.7 Å². The van der Waals surface area contributed by atoms with Gasteiger partial charge in [-0.25, -0.2) is 4.79 Å². The number of carboxylic acids is 1. The van der Waals surface area contributed by atoms with E-state index in [1.165, 1.54) is 0 Å². The lowest BCUT2D eigenvalue weighted by atomic mass is 9.98. The van der Waals surface area contributed by atoms with Crippen LogP contribution in [-0.4, -0.2) is 16.1 Å². The third-order valence-electron chi connectivity index (χ3n) is 5.55. The minimum Gasteiger partial charge on any atom is -0.478 e. The van der Waals surface area contributed by atoms with Crippen LogP contribution in [0.2, 0.25) is 0 Å². The summed E-state index contributed by atoms with van der Waals surface area (Å²) in [5.74, 6) is -0.497. The van der Waals surface area contributed by atoms with Gasteiger partial charge >= 0.3 is 5.97 Å². The van der Waals surface area contributed by atoms with E-state index < -0.39 is 5.97 Å². The molecule has 0 saturated heterocycles. The number of anilines is 1. The Morgan fingerprint density at radius 1 is 1.09 bits per heavy atom. The van der Waals surface area contributed by atoms with Crippen molar-refractivity contribution in [2.75, 3.05) is 5.32 Å². The zero-order chi connectivity index (χ0) is 23.0. The summed E-state index contributed by atoms with van der Waals surface area (Å²) in [5, 5.41) is 13.3. The van der Waals surface area contributed by atoms with Gasteiger partial charge in [0.25, 0.3) is 0 Å². The molecule has 4 aromatic rings. The normalized spacial score (nSPS) is 12.0. The number of carbonyl (C=O) groups is 1. The maximum atomic E-state index is 13.3. The summed E-state index contributed by atoms with van der Waals surface area (Å²) in [7, 11) is 0. The standard InChI is InChI=1S/C26H24N2O4/c1-14-11-20(17(4)28-22-8-6-5-7-19(22)26(30)31)25-21(12-14)23(29)16(3)24(32-25)18-9-10-27-15(2)13-18/h5-13,17,28H,1-4H3,(H,30,31). The Morgan fingerprint density at radius 3 is 2.56 bits per heavy atom. The number of hydrogen-bond acceptors (Lipinski definition) is 5. The van der Waals surface area contributed by atoms with Crippen molar-refractivity contribution in [3.05, 3.63) is 92.9 Å². The fourth-order valence-electron chi connectivity index (χ4n) is 3.96. The number of nitrogens with one attached hydrogen (secondary N) is 1. The van der Waals surface area contributed by atoms with Crippen molar-refractivity contribution < 1.29 is 14.3 Å². The summed E-state index contributed by atoms with van der Waals surface area (Å²) in [6.07, 6.45) is 1.69. The molecule has 2 N–H and O–H groups in total. The van der Waals surface area contributed by atoms with Gasteiger partial charge in [-0.15, -0.1) is 0 Å². The Kier molecular flexibility index (Phi) is 5.53. The van der Waals surface area contributed by atoms with E-state index in [1.807, 2.05) is 45.0 Å². The molecule has 0 aliphatic heterocycles. The van der Waals surface area contributed by atoms with Gasteiger partial charge in [-0.05, 0) is 63.6 Å².